The zero-order chi connectivity index (χ0) is 11.2. The normalized spacial score (nSPS) is 12.4. The Bertz CT molecular complexity index is 190. The molecule has 0 unspecified atom stereocenters. The third-order valence-electron chi connectivity index (χ3n) is 2.03. The summed E-state index contributed by atoms with van der Waals surface area (Å²) >= 11 is 0. The van der Waals surface area contributed by atoms with Gasteiger partial charge in [-0.3, -0.25) is 0 Å². The van der Waals surface area contributed by atoms with E-state index >= 15 is 0 Å². The third-order valence-corrected chi connectivity index (χ3v) is 2.03. The van der Waals surface area contributed by atoms with E-state index in [4.69, 9.17) is 5.11 Å². The SMILES string of the molecule is CCCC=CCC=CCC=CCCCO. The second-order valence-electron chi connectivity index (χ2n) is 3.54. The van der Waals surface area contributed by atoms with E-state index in [2.05, 4.69) is 43.4 Å². The molecule has 0 saturated carbocycles. The first-order chi connectivity index (χ1) is 7.41. The summed E-state index contributed by atoms with van der Waals surface area (Å²) in [5.41, 5.74) is 0. The van der Waals surface area contributed by atoms with E-state index in [1.807, 2.05) is 0 Å². The van der Waals surface area contributed by atoms with Gasteiger partial charge in [-0.1, -0.05) is 49.8 Å². The minimum absolute atomic E-state index is 0.294. The number of allylic oxidation sites excluding steroid dienone is 6. The van der Waals surface area contributed by atoms with Crippen LogP contribution in [0, 0.1) is 0 Å². The van der Waals surface area contributed by atoms with Crippen molar-refractivity contribution in [3.05, 3.63) is 36.5 Å². The van der Waals surface area contributed by atoms with Crippen molar-refractivity contribution in [1.29, 1.82) is 0 Å². The van der Waals surface area contributed by atoms with Crippen molar-refractivity contribution in [2.75, 3.05) is 6.61 Å². The van der Waals surface area contributed by atoms with Crippen molar-refractivity contribution in [2.24, 2.45) is 0 Å². The summed E-state index contributed by atoms with van der Waals surface area (Å²) in [4.78, 5) is 0. The number of hydrogen-bond acceptors (Lipinski definition) is 1. The topological polar surface area (TPSA) is 20.2 Å². The van der Waals surface area contributed by atoms with Crippen LogP contribution in [0.1, 0.15) is 45.4 Å². The second kappa shape index (κ2) is 13.2. The van der Waals surface area contributed by atoms with E-state index < -0.39 is 0 Å². The summed E-state index contributed by atoms with van der Waals surface area (Å²) in [5, 5.41) is 8.55. The number of unbranched alkanes of at least 4 members (excludes halogenated alkanes) is 2. The van der Waals surface area contributed by atoms with Crippen molar-refractivity contribution in [1.82, 2.24) is 0 Å². The first-order valence-electron chi connectivity index (χ1n) is 5.97. The molecule has 0 bridgehead atoms. The number of rotatable bonds is 9. The van der Waals surface area contributed by atoms with Crippen molar-refractivity contribution in [3.8, 4) is 0 Å². The van der Waals surface area contributed by atoms with Crippen LogP contribution in [0.5, 0.6) is 0 Å². The Hall–Kier alpha value is -0.820. The Morgan fingerprint density at radius 2 is 1.33 bits per heavy atom. The molecule has 0 atom stereocenters. The molecule has 0 aromatic carbocycles. The van der Waals surface area contributed by atoms with Crippen LogP contribution in [-0.2, 0) is 0 Å². The second-order valence-corrected chi connectivity index (χ2v) is 3.54. The van der Waals surface area contributed by atoms with Gasteiger partial charge in [0.2, 0.25) is 0 Å². The molecule has 0 amide bonds. The van der Waals surface area contributed by atoms with Gasteiger partial charge in [0.1, 0.15) is 0 Å². The summed E-state index contributed by atoms with van der Waals surface area (Å²) < 4.78 is 0. The third kappa shape index (κ3) is 13.2. The van der Waals surface area contributed by atoms with E-state index in [1.165, 1.54) is 12.8 Å². The predicted molar refractivity (Wildman–Crippen MR) is 67.9 cm³/mol. The smallest absolute Gasteiger partial charge is 0.0433 e. The first-order valence-corrected chi connectivity index (χ1v) is 5.97. The summed E-state index contributed by atoms with van der Waals surface area (Å²) in [7, 11) is 0. The van der Waals surface area contributed by atoms with Gasteiger partial charge in [-0.05, 0) is 32.1 Å². The molecule has 1 heteroatoms. The lowest BCUT2D eigenvalue weighted by molar-refractivity contribution is 0.289. The van der Waals surface area contributed by atoms with Crippen LogP contribution in [-0.4, -0.2) is 11.7 Å². The number of aliphatic hydroxyl groups excluding tert-OH is 1. The molecule has 0 heterocycles. The van der Waals surface area contributed by atoms with Gasteiger partial charge in [0, 0.05) is 6.61 Å². The fraction of sp³-hybridized carbons (Fsp3) is 0.571. The Labute approximate surface area is 94.2 Å². The van der Waals surface area contributed by atoms with E-state index in [9.17, 15) is 0 Å². The van der Waals surface area contributed by atoms with Gasteiger partial charge in [0.25, 0.3) is 0 Å². The van der Waals surface area contributed by atoms with Crippen LogP contribution in [0.3, 0.4) is 0 Å². The Morgan fingerprint density at radius 1 is 0.800 bits per heavy atom. The van der Waals surface area contributed by atoms with Gasteiger partial charge in [-0.2, -0.15) is 0 Å². The molecule has 0 fully saturated rings. The molecular formula is C14H24O. The van der Waals surface area contributed by atoms with E-state index in [-0.39, 0.29) is 0 Å². The van der Waals surface area contributed by atoms with Crippen molar-refractivity contribution in [2.45, 2.75) is 45.4 Å². The highest BCUT2D eigenvalue weighted by Gasteiger charge is 1.77. The largest absolute Gasteiger partial charge is 0.396 e. The van der Waals surface area contributed by atoms with Gasteiger partial charge < -0.3 is 5.11 Å². The maximum absolute atomic E-state index is 8.55. The Balaban J connectivity index is 3.27. The molecule has 0 radical (unpaired) electrons. The van der Waals surface area contributed by atoms with Gasteiger partial charge in [0.05, 0.1) is 0 Å². The fourth-order valence-corrected chi connectivity index (χ4v) is 1.15. The molecule has 1 nitrogen and oxygen atoms in total. The van der Waals surface area contributed by atoms with Gasteiger partial charge in [-0.15, -0.1) is 0 Å². The van der Waals surface area contributed by atoms with Crippen molar-refractivity contribution < 1.29 is 5.11 Å². The average molecular weight is 208 g/mol. The van der Waals surface area contributed by atoms with Crippen LogP contribution in [0.25, 0.3) is 0 Å². The minimum atomic E-state index is 0.294. The Morgan fingerprint density at radius 3 is 1.87 bits per heavy atom. The zero-order valence-corrected chi connectivity index (χ0v) is 9.86. The van der Waals surface area contributed by atoms with Crippen molar-refractivity contribution in [3.63, 3.8) is 0 Å². The molecule has 0 aliphatic carbocycles. The highest BCUT2D eigenvalue weighted by molar-refractivity contribution is 4.97. The molecule has 1 N–H and O–H groups in total. The molecular weight excluding hydrogens is 184 g/mol. The quantitative estimate of drug-likeness (QED) is 0.448. The van der Waals surface area contributed by atoms with Gasteiger partial charge >= 0.3 is 0 Å². The molecule has 0 spiro atoms. The Kier molecular flexibility index (Phi) is 12.5. The van der Waals surface area contributed by atoms with Crippen LogP contribution in [0.15, 0.2) is 36.5 Å². The maximum Gasteiger partial charge on any atom is 0.0433 e. The fourth-order valence-electron chi connectivity index (χ4n) is 1.15. The lowest BCUT2D eigenvalue weighted by Gasteiger charge is -1.87. The predicted octanol–water partition coefficient (Wildman–Crippen LogP) is 4.01. The summed E-state index contributed by atoms with van der Waals surface area (Å²) in [6, 6.07) is 0. The summed E-state index contributed by atoms with van der Waals surface area (Å²) in [5.74, 6) is 0. The highest BCUT2D eigenvalue weighted by atomic mass is 16.2. The molecule has 0 aromatic heterocycles. The van der Waals surface area contributed by atoms with Crippen LogP contribution >= 0.6 is 0 Å². The molecule has 86 valence electrons. The standard InChI is InChI=1S/C14H24O/c1-2-3-4-5-6-7-8-9-10-11-12-13-14-15/h4-5,7-8,10-11,15H,2-3,6,9,12-14H2,1H3. The lowest BCUT2D eigenvalue weighted by Crippen LogP contribution is -1.77. The highest BCUT2D eigenvalue weighted by Crippen LogP contribution is 1.95. The van der Waals surface area contributed by atoms with Gasteiger partial charge in [-0.25, -0.2) is 0 Å². The van der Waals surface area contributed by atoms with Crippen LogP contribution in [0.2, 0.25) is 0 Å². The molecule has 0 aliphatic heterocycles. The van der Waals surface area contributed by atoms with Crippen LogP contribution in [0.4, 0.5) is 0 Å². The van der Waals surface area contributed by atoms with E-state index in [1.54, 1.807) is 0 Å². The molecule has 0 aromatic rings. The van der Waals surface area contributed by atoms with E-state index in [0.29, 0.717) is 6.61 Å². The molecule has 0 aliphatic rings. The minimum Gasteiger partial charge on any atom is -0.396 e. The first kappa shape index (κ1) is 14.2. The lowest BCUT2D eigenvalue weighted by atomic mass is 10.2. The average Bonchev–Trinajstić information content (AvgIpc) is 2.26. The summed E-state index contributed by atoms with van der Waals surface area (Å²) in [6.45, 7) is 2.49. The molecule has 0 saturated heterocycles. The molecule has 15 heavy (non-hydrogen) atoms. The molecule has 0 rings (SSSR count). The van der Waals surface area contributed by atoms with E-state index in [0.717, 1.165) is 25.7 Å². The summed E-state index contributed by atoms with van der Waals surface area (Å²) in [6.07, 6.45) is 19.5. The maximum atomic E-state index is 8.55. The zero-order valence-electron chi connectivity index (χ0n) is 9.86. The monoisotopic (exact) mass is 208 g/mol. The van der Waals surface area contributed by atoms with Gasteiger partial charge in [0.15, 0.2) is 0 Å². The van der Waals surface area contributed by atoms with Crippen LogP contribution < -0.4 is 0 Å². The number of hydrogen-bond donors (Lipinski definition) is 1. The van der Waals surface area contributed by atoms with Crippen molar-refractivity contribution >= 4 is 0 Å². The number of aliphatic hydroxyl groups is 1.